The smallest absolute Gasteiger partial charge is 0.128 e. The van der Waals surface area contributed by atoms with E-state index in [0.29, 0.717) is 12.1 Å². The number of methoxy groups -OCH3 is 2. The summed E-state index contributed by atoms with van der Waals surface area (Å²) >= 11 is 0. The Hall–Kier alpha value is -2.18. The molecule has 2 saturated heterocycles. The summed E-state index contributed by atoms with van der Waals surface area (Å²) in [6, 6.07) is 1.14. The molecule has 174 valence electrons. The summed E-state index contributed by atoms with van der Waals surface area (Å²) in [6.07, 6.45) is 8.93. The van der Waals surface area contributed by atoms with E-state index in [1.54, 1.807) is 14.2 Å². The topological polar surface area (TPSA) is 50.7 Å². The molecule has 0 amide bonds. The molecule has 0 aromatic carbocycles. The van der Waals surface area contributed by atoms with Crippen molar-refractivity contribution in [2.45, 2.75) is 78.6 Å². The van der Waals surface area contributed by atoms with Crippen molar-refractivity contribution in [3.8, 4) is 11.5 Å². The van der Waals surface area contributed by atoms with Gasteiger partial charge in [-0.05, 0) is 66.5 Å². The minimum atomic E-state index is 0.568. The van der Waals surface area contributed by atoms with Gasteiger partial charge in [-0.3, -0.25) is 19.8 Å². The van der Waals surface area contributed by atoms with Crippen LogP contribution in [0, 0.1) is 27.7 Å². The fourth-order valence-electron chi connectivity index (χ4n) is 5.81. The molecular formula is C26H38N4O2. The number of ether oxygens (including phenoxy) is 2. The molecule has 0 radical (unpaired) electrons. The monoisotopic (exact) mass is 438 g/mol. The van der Waals surface area contributed by atoms with Gasteiger partial charge in [0.2, 0.25) is 0 Å². The summed E-state index contributed by atoms with van der Waals surface area (Å²) in [5.41, 5.74) is 6.84. The molecule has 2 aliphatic rings. The number of hydrogen-bond acceptors (Lipinski definition) is 6. The highest BCUT2D eigenvalue weighted by Crippen LogP contribution is 2.34. The van der Waals surface area contributed by atoms with E-state index in [2.05, 4.69) is 37.5 Å². The number of aryl methyl sites for hydroxylation is 2. The first-order valence-corrected chi connectivity index (χ1v) is 11.9. The lowest BCUT2D eigenvalue weighted by Gasteiger charge is -2.35. The van der Waals surface area contributed by atoms with Gasteiger partial charge in [0.15, 0.2) is 0 Å². The fourth-order valence-corrected chi connectivity index (χ4v) is 5.81. The Kier molecular flexibility index (Phi) is 7.01. The molecule has 2 aliphatic heterocycles. The van der Waals surface area contributed by atoms with Gasteiger partial charge < -0.3 is 9.47 Å². The van der Waals surface area contributed by atoms with Gasteiger partial charge in [-0.2, -0.15) is 0 Å². The second kappa shape index (κ2) is 9.75. The summed E-state index contributed by atoms with van der Waals surface area (Å²) in [4.78, 5) is 14.9. The number of nitrogens with zero attached hydrogens (tertiary/aromatic N) is 4. The third-order valence-corrected chi connectivity index (χ3v) is 7.48. The molecule has 2 aromatic rings. The molecule has 0 aliphatic carbocycles. The molecule has 6 heteroatoms. The predicted molar refractivity (Wildman–Crippen MR) is 127 cm³/mol. The van der Waals surface area contributed by atoms with Gasteiger partial charge in [-0.25, -0.2) is 0 Å². The molecule has 2 atom stereocenters. The van der Waals surface area contributed by atoms with Crippen molar-refractivity contribution >= 4 is 0 Å². The van der Waals surface area contributed by atoms with Gasteiger partial charge >= 0.3 is 0 Å². The summed E-state index contributed by atoms with van der Waals surface area (Å²) < 4.78 is 11.3. The van der Waals surface area contributed by atoms with Crippen LogP contribution in [0.5, 0.6) is 11.5 Å². The molecule has 0 saturated carbocycles. The lowest BCUT2D eigenvalue weighted by atomic mass is 10.0. The molecule has 0 spiro atoms. The molecule has 0 bridgehead atoms. The number of aromatic nitrogens is 2. The van der Waals surface area contributed by atoms with E-state index in [1.165, 1.54) is 36.8 Å². The highest BCUT2D eigenvalue weighted by Gasteiger charge is 2.38. The normalized spacial score (nSPS) is 21.9. The van der Waals surface area contributed by atoms with Gasteiger partial charge in [0.1, 0.15) is 11.5 Å². The number of pyridine rings is 2. The largest absolute Gasteiger partial charge is 0.496 e. The Labute approximate surface area is 193 Å². The van der Waals surface area contributed by atoms with Gasteiger partial charge in [-0.15, -0.1) is 0 Å². The van der Waals surface area contributed by atoms with Gasteiger partial charge in [-0.1, -0.05) is 0 Å². The van der Waals surface area contributed by atoms with Crippen molar-refractivity contribution in [2.24, 2.45) is 0 Å². The summed E-state index contributed by atoms with van der Waals surface area (Å²) in [5, 5.41) is 0. The Morgan fingerprint density at radius 3 is 1.53 bits per heavy atom. The number of likely N-dealkylation sites (tertiary alicyclic amines) is 2. The van der Waals surface area contributed by atoms with Crippen LogP contribution in [-0.2, 0) is 13.1 Å². The van der Waals surface area contributed by atoms with E-state index in [1.807, 2.05) is 12.4 Å². The summed E-state index contributed by atoms with van der Waals surface area (Å²) in [7, 11) is 3.51. The average molecular weight is 439 g/mol. The van der Waals surface area contributed by atoms with Crippen LogP contribution in [0.3, 0.4) is 0 Å². The minimum Gasteiger partial charge on any atom is -0.496 e. The summed E-state index contributed by atoms with van der Waals surface area (Å²) in [6.45, 7) is 12.5. The highest BCUT2D eigenvalue weighted by atomic mass is 16.5. The lowest BCUT2D eigenvalue weighted by Crippen LogP contribution is -2.45. The van der Waals surface area contributed by atoms with Crippen molar-refractivity contribution < 1.29 is 9.47 Å². The van der Waals surface area contributed by atoms with Crippen LogP contribution in [0.25, 0.3) is 0 Å². The SMILES string of the molecule is COc1c(C)cnc(CN2CCC[C@H]2[C@@H]2CCCN2Cc2ncc(C)c(OC)c2C)c1C. The van der Waals surface area contributed by atoms with Crippen molar-refractivity contribution in [3.05, 3.63) is 46.0 Å². The fraction of sp³-hybridized carbons (Fsp3) is 0.615. The van der Waals surface area contributed by atoms with Crippen molar-refractivity contribution in [1.82, 2.24) is 19.8 Å². The zero-order chi connectivity index (χ0) is 22.8. The third kappa shape index (κ3) is 4.35. The zero-order valence-corrected chi connectivity index (χ0v) is 20.6. The van der Waals surface area contributed by atoms with E-state index < -0.39 is 0 Å². The van der Waals surface area contributed by atoms with Crippen LogP contribution in [0.2, 0.25) is 0 Å². The molecule has 2 aromatic heterocycles. The molecule has 6 nitrogen and oxygen atoms in total. The maximum absolute atomic E-state index is 5.65. The number of hydrogen-bond donors (Lipinski definition) is 0. The van der Waals surface area contributed by atoms with Crippen LogP contribution < -0.4 is 9.47 Å². The second-order valence-corrected chi connectivity index (χ2v) is 9.45. The van der Waals surface area contributed by atoms with Crippen LogP contribution >= 0.6 is 0 Å². The van der Waals surface area contributed by atoms with Gasteiger partial charge in [0.25, 0.3) is 0 Å². The lowest BCUT2D eigenvalue weighted by molar-refractivity contribution is 0.122. The summed E-state index contributed by atoms with van der Waals surface area (Å²) in [5.74, 6) is 1.95. The third-order valence-electron chi connectivity index (χ3n) is 7.48. The van der Waals surface area contributed by atoms with E-state index in [0.717, 1.165) is 60.2 Å². The standard InChI is InChI=1S/C26H38N4O2/c1-17-13-27-21(19(3)25(17)31-5)15-29-11-7-9-23(29)24-10-8-12-30(24)16-22-20(4)26(32-6)18(2)14-28-22/h13-14,23-24H,7-12,15-16H2,1-6H3/t23-,24-/m0/s1. The van der Waals surface area contributed by atoms with Gasteiger partial charge in [0.05, 0.1) is 25.6 Å². The Morgan fingerprint density at radius 2 is 1.16 bits per heavy atom. The van der Waals surface area contributed by atoms with E-state index in [4.69, 9.17) is 19.4 Å². The molecule has 4 rings (SSSR count). The number of rotatable bonds is 7. The molecule has 4 heterocycles. The maximum atomic E-state index is 5.65. The molecule has 0 N–H and O–H groups in total. The Morgan fingerprint density at radius 1 is 0.750 bits per heavy atom. The van der Waals surface area contributed by atoms with Crippen LogP contribution in [-0.4, -0.2) is 59.2 Å². The first kappa shape index (κ1) is 23.0. The van der Waals surface area contributed by atoms with E-state index in [9.17, 15) is 0 Å². The molecule has 0 unspecified atom stereocenters. The first-order chi connectivity index (χ1) is 15.4. The Balaban J connectivity index is 1.51. The average Bonchev–Trinajstić information content (AvgIpc) is 3.42. The van der Waals surface area contributed by atoms with E-state index >= 15 is 0 Å². The van der Waals surface area contributed by atoms with Crippen molar-refractivity contribution in [2.75, 3.05) is 27.3 Å². The van der Waals surface area contributed by atoms with Crippen molar-refractivity contribution in [1.29, 1.82) is 0 Å². The van der Waals surface area contributed by atoms with Crippen LogP contribution in [0.4, 0.5) is 0 Å². The van der Waals surface area contributed by atoms with Crippen molar-refractivity contribution in [3.63, 3.8) is 0 Å². The highest BCUT2D eigenvalue weighted by molar-refractivity contribution is 5.42. The Bertz CT molecular complexity index is 884. The van der Waals surface area contributed by atoms with E-state index in [-0.39, 0.29) is 0 Å². The van der Waals surface area contributed by atoms with Crippen LogP contribution in [0.15, 0.2) is 12.4 Å². The van der Waals surface area contributed by atoms with Crippen LogP contribution in [0.1, 0.15) is 59.3 Å². The van der Waals surface area contributed by atoms with Gasteiger partial charge in [0, 0.05) is 59.8 Å². The maximum Gasteiger partial charge on any atom is 0.128 e. The first-order valence-electron chi connectivity index (χ1n) is 11.9. The molecule has 32 heavy (non-hydrogen) atoms. The quantitative estimate of drug-likeness (QED) is 0.640. The zero-order valence-electron chi connectivity index (χ0n) is 20.6. The molecule has 2 fully saturated rings. The predicted octanol–water partition coefficient (Wildman–Crippen LogP) is 4.36. The molecular weight excluding hydrogens is 400 g/mol. The second-order valence-electron chi connectivity index (χ2n) is 9.45. The minimum absolute atomic E-state index is 0.568.